The van der Waals surface area contributed by atoms with Crippen LogP contribution in [0.1, 0.15) is 69.8 Å². The van der Waals surface area contributed by atoms with Crippen molar-refractivity contribution in [2.45, 2.75) is 70.3 Å². The van der Waals surface area contributed by atoms with Crippen LogP contribution in [0.3, 0.4) is 0 Å². The molecule has 2 aliphatic carbocycles. The molecule has 1 aromatic rings. The normalized spacial score (nSPS) is 24.3. The molecule has 0 aromatic carbocycles. The molecule has 138 valence electrons. The Hall–Kier alpha value is -1.88. The molecule has 0 spiro atoms. The molecule has 3 aliphatic rings. The second-order valence-corrected chi connectivity index (χ2v) is 8.27. The van der Waals surface area contributed by atoms with Crippen molar-refractivity contribution >= 4 is 23.1 Å². The van der Waals surface area contributed by atoms with E-state index in [9.17, 15) is 9.59 Å². The van der Waals surface area contributed by atoms with Gasteiger partial charge < -0.3 is 10.1 Å². The van der Waals surface area contributed by atoms with E-state index >= 15 is 0 Å². The summed E-state index contributed by atoms with van der Waals surface area (Å²) in [5.74, 6) is -0.394. The van der Waals surface area contributed by atoms with Gasteiger partial charge in [-0.2, -0.15) is 11.3 Å². The van der Waals surface area contributed by atoms with Crippen molar-refractivity contribution in [1.82, 2.24) is 5.32 Å². The average molecular weight is 372 g/mol. The number of carbonyl (C=O) groups excluding carboxylic acids is 2. The maximum atomic E-state index is 13.1. The lowest BCUT2D eigenvalue weighted by Gasteiger charge is -2.34. The van der Waals surface area contributed by atoms with E-state index in [1.165, 1.54) is 6.42 Å². The standard InChI is InChI=1S/C21H25NO3S/c1-13-18(21(24)25-15-6-3-2-4-7-15)19(14-10-11-26-12-14)20-16(22-13)8-5-9-17(20)23/h10-12,15,19,22H,2-9H2,1H3. The van der Waals surface area contributed by atoms with Gasteiger partial charge in [-0.1, -0.05) is 6.42 Å². The van der Waals surface area contributed by atoms with Gasteiger partial charge in [0.25, 0.3) is 0 Å². The van der Waals surface area contributed by atoms with Crippen LogP contribution >= 0.6 is 11.3 Å². The van der Waals surface area contributed by atoms with Crippen molar-refractivity contribution in [3.63, 3.8) is 0 Å². The number of thiophene rings is 1. The summed E-state index contributed by atoms with van der Waals surface area (Å²) in [6, 6.07) is 2.02. The minimum Gasteiger partial charge on any atom is -0.459 e. The van der Waals surface area contributed by atoms with Crippen LogP contribution in [-0.2, 0) is 14.3 Å². The van der Waals surface area contributed by atoms with Crippen molar-refractivity contribution in [2.24, 2.45) is 0 Å². The molecule has 1 N–H and O–H groups in total. The highest BCUT2D eigenvalue weighted by Crippen LogP contribution is 2.43. The van der Waals surface area contributed by atoms with Crippen LogP contribution in [0.5, 0.6) is 0 Å². The van der Waals surface area contributed by atoms with Gasteiger partial charge in [0, 0.05) is 29.3 Å². The Bertz CT molecular complexity index is 769. The van der Waals surface area contributed by atoms with E-state index in [0.717, 1.165) is 61.1 Å². The number of esters is 1. The first-order valence-electron chi connectivity index (χ1n) is 9.62. The monoisotopic (exact) mass is 371 g/mol. The van der Waals surface area contributed by atoms with E-state index in [1.807, 2.05) is 23.8 Å². The molecule has 2 heterocycles. The van der Waals surface area contributed by atoms with Gasteiger partial charge >= 0.3 is 5.97 Å². The zero-order valence-corrected chi connectivity index (χ0v) is 16.0. The van der Waals surface area contributed by atoms with Crippen molar-refractivity contribution < 1.29 is 14.3 Å². The average Bonchev–Trinajstić information content (AvgIpc) is 3.16. The van der Waals surface area contributed by atoms with E-state index in [-0.39, 0.29) is 23.8 Å². The van der Waals surface area contributed by atoms with E-state index in [2.05, 4.69) is 5.32 Å². The Balaban J connectivity index is 1.69. The fourth-order valence-electron chi connectivity index (χ4n) is 4.42. The molecule has 1 fully saturated rings. The summed E-state index contributed by atoms with van der Waals surface area (Å²) in [6.07, 6.45) is 7.66. The molecule has 26 heavy (non-hydrogen) atoms. The zero-order chi connectivity index (χ0) is 18.1. The third-order valence-corrected chi connectivity index (χ3v) is 6.40. The summed E-state index contributed by atoms with van der Waals surface area (Å²) in [5, 5.41) is 7.40. The molecular formula is C21H25NO3S. The highest BCUT2D eigenvalue weighted by molar-refractivity contribution is 7.08. The van der Waals surface area contributed by atoms with Crippen LogP contribution in [0, 0.1) is 0 Å². The first-order chi connectivity index (χ1) is 12.6. The maximum Gasteiger partial charge on any atom is 0.337 e. The Morgan fingerprint density at radius 2 is 2.00 bits per heavy atom. The van der Waals surface area contributed by atoms with E-state index in [4.69, 9.17) is 4.74 Å². The summed E-state index contributed by atoms with van der Waals surface area (Å²) in [6.45, 7) is 1.93. The number of ketones is 1. The van der Waals surface area contributed by atoms with Crippen molar-refractivity contribution in [2.75, 3.05) is 0 Å². The maximum absolute atomic E-state index is 13.1. The number of allylic oxidation sites excluding steroid dienone is 3. The van der Waals surface area contributed by atoms with Gasteiger partial charge in [-0.05, 0) is 67.8 Å². The van der Waals surface area contributed by atoms with Gasteiger partial charge in [0.1, 0.15) is 6.10 Å². The van der Waals surface area contributed by atoms with E-state index < -0.39 is 0 Å². The first kappa shape index (κ1) is 17.5. The minimum atomic E-state index is -0.290. The summed E-state index contributed by atoms with van der Waals surface area (Å²) < 4.78 is 5.88. The molecule has 4 rings (SSSR count). The smallest absolute Gasteiger partial charge is 0.337 e. The number of hydrogen-bond donors (Lipinski definition) is 1. The number of hydrogen-bond acceptors (Lipinski definition) is 5. The third-order valence-electron chi connectivity index (χ3n) is 5.70. The van der Waals surface area contributed by atoms with Crippen LogP contribution in [0.4, 0.5) is 0 Å². The minimum absolute atomic E-state index is 0.0112. The second kappa shape index (κ2) is 7.39. The molecule has 1 saturated carbocycles. The second-order valence-electron chi connectivity index (χ2n) is 7.49. The first-order valence-corrected chi connectivity index (χ1v) is 10.6. The van der Waals surface area contributed by atoms with Crippen LogP contribution in [-0.4, -0.2) is 17.9 Å². The number of Topliss-reactive ketones (excluding diaryl/α,β-unsaturated/α-hetero) is 1. The topological polar surface area (TPSA) is 55.4 Å². The SMILES string of the molecule is CC1=C(C(=O)OC2CCCCC2)C(c2ccsc2)C2=C(CCCC2=O)N1. The summed E-state index contributed by atoms with van der Waals surface area (Å²) in [5.41, 5.74) is 4.23. The number of rotatable bonds is 3. The Morgan fingerprint density at radius 1 is 1.19 bits per heavy atom. The number of nitrogens with one attached hydrogen (secondary N) is 1. The summed E-state index contributed by atoms with van der Waals surface area (Å²) >= 11 is 1.60. The molecular weight excluding hydrogens is 346 g/mol. The van der Waals surface area contributed by atoms with Gasteiger partial charge in [-0.3, -0.25) is 4.79 Å². The lowest BCUT2D eigenvalue weighted by atomic mass is 9.76. The Morgan fingerprint density at radius 3 is 2.73 bits per heavy atom. The zero-order valence-electron chi connectivity index (χ0n) is 15.2. The van der Waals surface area contributed by atoms with Gasteiger partial charge in [-0.15, -0.1) is 0 Å². The summed E-state index contributed by atoms with van der Waals surface area (Å²) in [7, 11) is 0. The van der Waals surface area contributed by atoms with Gasteiger partial charge in [0.2, 0.25) is 0 Å². The molecule has 1 atom stereocenters. The summed E-state index contributed by atoms with van der Waals surface area (Å²) in [4.78, 5) is 25.8. The van der Waals surface area contributed by atoms with Crippen LogP contribution < -0.4 is 5.32 Å². The molecule has 0 amide bonds. The van der Waals surface area contributed by atoms with Crippen molar-refractivity contribution in [3.05, 3.63) is 44.9 Å². The molecule has 5 heteroatoms. The van der Waals surface area contributed by atoms with Crippen LogP contribution in [0.25, 0.3) is 0 Å². The largest absolute Gasteiger partial charge is 0.459 e. The lowest BCUT2D eigenvalue weighted by Crippen LogP contribution is -2.35. The molecule has 0 radical (unpaired) electrons. The molecule has 0 saturated heterocycles. The Kier molecular flexibility index (Phi) is 4.98. The van der Waals surface area contributed by atoms with Gasteiger partial charge in [0.05, 0.1) is 5.57 Å². The van der Waals surface area contributed by atoms with Gasteiger partial charge in [-0.25, -0.2) is 4.79 Å². The molecule has 1 aromatic heterocycles. The predicted octanol–water partition coefficient (Wildman–Crippen LogP) is 4.59. The number of ether oxygens (including phenoxy) is 1. The van der Waals surface area contributed by atoms with E-state index in [1.54, 1.807) is 11.3 Å². The van der Waals surface area contributed by atoms with E-state index in [0.29, 0.717) is 12.0 Å². The number of dihydropyridines is 1. The highest BCUT2D eigenvalue weighted by atomic mass is 32.1. The molecule has 1 aliphatic heterocycles. The molecule has 1 unspecified atom stereocenters. The van der Waals surface area contributed by atoms with Crippen LogP contribution in [0.2, 0.25) is 0 Å². The van der Waals surface area contributed by atoms with Gasteiger partial charge in [0.15, 0.2) is 5.78 Å². The van der Waals surface area contributed by atoms with Crippen LogP contribution in [0.15, 0.2) is 39.4 Å². The van der Waals surface area contributed by atoms with Crippen molar-refractivity contribution in [1.29, 1.82) is 0 Å². The molecule has 4 nitrogen and oxygen atoms in total. The third kappa shape index (κ3) is 3.25. The van der Waals surface area contributed by atoms with Crippen molar-refractivity contribution in [3.8, 4) is 0 Å². The number of carbonyl (C=O) groups is 2. The quantitative estimate of drug-likeness (QED) is 0.790. The lowest BCUT2D eigenvalue weighted by molar-refractivity contribution is -0.146. The highest BCUT2D eigenvalue weighted by Gasteiger charge is 2.39. The Labute approximate surface area is 158 Å². The fraction of sp³-hybridized carbons (Fsp3) is 0.524. The predicted molar refractivity (Wildman–Crippen MR) is 102 cm³/mol. The fourth-order valence-corrected chi connectivity index (χ4v) is 5.11. The molecule has 0 bridgehead atoms.